The lowest BCUT2D eigenvalue weighted by atomic mass is 10.1. The zero-order valence-electron chi connectivity index (χ0n) is 16.1. The van der Waals surface area contributed by atoms with Crippen molar-refractivity contribution in [2.24, 2.45) is 0 Å². The molecular weight excluding hydrogens is 328 g/mol. The number of ether oxygens (including phenoxy) is 1. The summed E-state index contributed by atoms with van der Waals surface area (Å²) in [6.45, 7) is 9.61. The smallest absolute Gasteiger partial charge is 0.410 e. The Balaban J connectivity index is 1.79. The van der Waals surface area contributed by atoms with Crippen LogP contribution < -0.4 is 0 Å². The number of nitrogens with zero attached hydrogens (tertiary/aromatic N) is 2. The molecule has 1 aromatic carbocycles. The fourth-order valence-electron chi connectivity index (χ4n) is 2.52. The lowest BCUT2D eigenvalue weighted by Crippen LogP contribution is -2.51. The lowest BCUT2D eigenvalue weighted by Gasteiger charge is -2.35. The van der Waals surface area contributed by atoms with E-state index in [4.69, 9.17) is 4.74 Å². The molecule has 1 fully saturated rings. The molecule has 0 spiro atoms. The third-order valence-corrected chi connectivity index (χ3v) is 3.96. The number of allylic oxidation sites excluding steroid dienone is 2. The van der Waals surface area contributed by atoms with Crippen molar-refractivity contribution in [3.63, 3.8) is 0 Å². The van der Waals surface area contributed by atoms with E-state index in [1.807, 2.05) is 45.1 Å². The van der Waals surface area contributed by atoms with Gasteiger partial charge in [0.15, 0.2) is 0 Å². The van der Waals surface area contributed by atoms with Gasteiger partial charge >= 0.3 is 6.09 Å². The summed E-state index contributed by atoms with van der Waals surface area (Å²) in [5.74, 6) is -0.0394. The SMILES string of the molecule is Cc1ccc(/C=C/C=C/C(=O)N2CCN(C(=O)OC(C)(C)C)CC2)cc1. The minimum atomic E-state index is -0.503. The fourth-order valence-corrected chi connectivity index (χ4v) is 2.52. The van der Waals surface area contributed by atoms with Gasteiger partial charge in [-0.05, 0) is 33.3 Å². The molecule has 5 heteroatoms. The molecule has 140 valence electrons. The van der Waals surface area contributed by atoms with Crippen molar-refractivity contribution in [1.29, 1.82) is 0 Å². The van der Waals surface area contributed by atoms with Gasteiger partial charge in [0.25, 0.3) is 0 Å². The molecule has 1 aliphatic heterocycles. The Bertz CT molecular complexity index is 676. The van der Waals surface area contributed by atoms with Gasteiger partial charge in [-0.2, -0.15) is 0 Å². The van der Waals surface area contributed by atoms with Crippen LogP contribution in [-0.4, -0.2) is 53.6 Å². The van der Waals surface area contributed by atoms with Gasteiger partial charge in [-0.3, -0.25) is 4.79 Å². The van der Waals surface area contributed by atoms with Crippen molar-refractivity contribution in [2.45, 2.75) is 33.3 Å². The van der Waals surface area contributed by atoms with E-state index in [2.05, 4.69) is 19.1 Å². The molecule has 0 unspecified atom stereocenters. The first-order valence-electron chi connectivity index (χ1n) is 8.93. The van der Waals surface area contributed by atoms with Crippen LogP contribution in [0.15, 0.2) is 42.5 Å². The molecule has 0 saturated carbocycles. The van der Waals surface area contributed by atoms with Crippen LogP contribution in [0.25, 0.3) is 6.08 Å². The highest BCUT2D eigenvalue weighted by molar-refractivity contribution is 5.88. The van der Waals surface area contributed by atoms with Crippen LogP contribution >= 0.6 is 0 Å². The lowest BCUT2D eigenvalue weighted by molar-refractivity contribution is -0.127. The Morgan fingerprint density at radius 3 is 2.12 bits per heavy atom. The molecule has 2 amide bonds. The number of aryl methyl sites for hydroxylation is 1. The number of rotatable bonds is 3. The number of piperazine rings is 1. The topological polar surface area (TPSA) is 49.9 Å². The molecule has 0 N–H and O–H groups in total. The molecule has 0 aromatic heterocycles. The summed E-state index contributed by atoms with van der Waals surface area (Å²) >= 11 is 0. The highest BCUT2D eigenvalue weighted by Gasteiger charge is 2.26. The summed E-state index contributed by atoms with van der Waals surface area (Å²) in [7, 11) is 0. The number of carbonyl (C=O) groups excluding carboxylic acids is 2. The van der Waals surface area contributed by atoms with Gasteiger partial charge in [-0.15, -0.1) is 0 Å². The molecule has 26 heavy (non-hydrogen) atoms. The average Bonchev–Trinajstić information content (AvgIpc) is 2.59. The summed E-state index contributed by atoms with van der Waals surface area (Å²) in [6.07, 6.45) is 6.82. The number of amides is 2. The maximum atomic E-state index is 12.2. The van der Waals surface area contributed by atoms with E-state index in [0.29, 0.717) is 26.2 Å². The summed E-state index contributed by atoms with van der Waals surface area (Å²) in [5.41, 5.74) is 1.81. The van der Waals surface area contributed by atoms with Crippen LogP contribution in [0.3, 0.4) is 0 Å². The number of hydrogen-bond donors (Lipinski definition) is 0. The molecule has 0 radical (unpaired) electrons. The van der Waals surface area contributed by atoms with E-state index < -0.39 is 5.60 Å². The van der Waals surface area contributed by atoms with Crippen molar-refractivity contribution in [2.75, 3.05) is 26.2 Å². The van der Waals surface area contributed by atoms with E-state index in [-0.39, 0.29) is 12.0 Å². The first-order valence-corrected chi connectivity index (χ1v) is 8.93. The van der Waals surface area contributed by atoms with Crippen molar-refractivity contribution in [3.8, 4) is 0 Å². The highest BCUT2D eigenvalue weighted by atomic mass is 16.6. The van der Waals surface area contributed by atoms with Gasteiger partial charge < -0.3 is 14.5 Å². The third-order valence-electron chi connectivity index (χ3n) is 3.96. The fraction of sp³-hybridized carbons (Fsp3) is 0.429. The zero-order chi connectivity index (χ0) is 19.2. The van der Waals surface area contributed by atoms with Gasteiger partial charge in [0.05, 0.1) is 0 Å². The number of hydrogen-bond acceptors (Lipinski definition) is 3. The molecule has 1 heterocycles. The largest absolute Gasteiger partial charge is 0.444 e. The molecule has 0 bridgehead atoms. The van der Waals surface area contributed by atoms with Gasteiger partial charge in [0.1, 0.15) is 5.60 Å². The number of benzene rings is 1. The predicted octanol–water partition coefficient (Wildman–Crippen LogP) is 3.64. The molecule has 1 aliphatic rings. The summed E-state index contributed by atoms with van der Waals surface area (Å²) in [5, 5.41) is 0. The van der Waals surface area contributed by atoms with Crippen LogP contribution in [0, 0.1) is 6.92 Å². The van der Waals surface area contributed by atoms with Crippen molar-refractivity contribution in [1.82, 2.24) is 9.80 Å². The van der Waals surface area contributed by atoms with E-state index in [1.54, 1.807) is 22.0 Å². The maximum absolute atomic E-state index is 12.2. The van der Waals surface area contributed by atoms with Crippen LogP contribution in [0.2, 0.25) is 0 Å². The standard InChI is InChI=1S/C21H28N2O3/c1-17-9-11-18(12-10-17)7-5-6-8-19(24)22-13-15-23(16-14-22)20(25)26-21(2,3)4/h5-12H,13-16H2,1-4H3/b7-5+,8-6+. The summed E-state index contributed by atoms with van der Waals surface area (Å²) in [4.78, 5) is 27.7. The predicted molar refractivity (Wildman–Crippen MR) is 104 cm³/mol. The van der Waals surface area contributed by atoms with Gasteiger partial charge in [-0.25, -0.2) is 4.79 Å². The first-order chi connectivity index (χ1) is 12.2. The minimum absolute atomic E-state index is 0.0394. The van der Waals surface area contributed by atoms with Crippen LogP contribution in [-0.2, 0) is 9.53 Å². The van der Waals surface area contributed by atoms with Crippen molar-refractivity contribution >= 4 is 18.1 Å². The van der Waals surface area contributed by atoms with Crippen molar-refractivity contribution < 1.29 is 14.3 Å². The normalized spacial score (nSPS) is 15.7. The van der Waals surface area contributed by atoms with Crippen LogP contribution in [0.5, 0.6) is 0 Å². The maximum Gasteiger partial charge on any atom is 0.410 e. The molecule has 1 saturated heterocycles. The van der Waals surface area contributed by atoms with Gasteiger partial charge in [0.2, 0.25) is 5.91 Å². The molecule has 0 atom stereocenters. The first kappa shape index (κ1) is 19.8. The van der Waals surface area contributed by atoms with Crippen molar-refractivity contribution in [3.05, 3.63) is 53.6 Å². The van der Waals surface area contributed by atoms with E-state index in [0.717, 1.165) is 5.56 Å². The van der Waals surface area contributed by atoms with E-state index in [1.165, 1.54) is 5.56 Å². The molecule has 5 nitrogen and oxygen atoms in total. The summed E-state index contributed by atoms with van der Waals surface area (Å²) < 4.78 is 5.36. The van der Waals surface area contributed by atoms with E-state index >= 15 is 0 Å². The molecular formula is C21H28N2O3. The Kier molecular flexibility index (Phi) is 6.61. The number of carbonyl (C=O) groups is 2. The zero-order valence-corrected chi connectivity index (χ0v) is 16.1. The second kappa shape index (κ2) is 8.70. The third kappa shape index (κ3) is 6.39. The highest BCUT2D eigenvalue weighted by Crippen LogP contribution is 2.12. The van der Waals surface area contributed by atoms with Crippen LogP contribution in [0.1, 0.15) is 31.9 Å². The second-order valence-corrected chi connectivity index (χ2v) is 7.42. The van der Waals surface area contributed by atoms with Crippen LogP contribution in [0.4, 0.5) is 4.79 Å². The Morgan fingerprint density at radius 2 is 1.54 bits per heavy atom. The summed E-state index contributed by atoms with van der Waals surface area (Å²) in [6, 6.07) is 8.19. The molecule has 2 rings (SSSR count). The second-order valence-electron chi connectivity index (χ2n) is 7.42. The average molecular weight is 356 g/mol. The minimum Gasteiger partial charge on any atom is -0.444 e. The quantitative estimate of drug-likeness (QED) is 0.614. The monoisotopic (exact) mass is 356 g/mol. The Hall–Kier alpha value is -2.56. The Morgan fingerprint density at radius 1 is 0.962 bits per heavy atom. The van der Waals surface area contributed by atoms with Gasteiger partial charge in [0, 0.05) is 32.3 Å². The van der Waals surface area contributed by atoms with E-state index in [9.17, 15) is 9.59 Å². The van der Waals surface area contributed by atoms with Gasteiger partial charge in [-0.1, -0.05) is 48.1 Å². The Labute approximate surface area is 155 Å². The molecule has 1 aromatic rings. The molecule has 0 aliphatic carbocycles.